The second kappa shape index (κ2) is 4.53. The molecule has 0 bridgehead atoms. The number of Topliss-reactive ketones (excluding diaryl/α,β-unsaturated/α-hetero) is 1. The highest BCUT2D eigenvalue weighted by Gasteiger charge is 2.28. The van der Waals surface area contributed by atoms with Crippen LogP contribution in [0.1, 0.15) is 42.6 Å². The van der Waals surface area contributed by atoms with Crippen molar-refractivity contribution in [1.29, 1.82) is 0 Å². The molecule has 1 amide bonds. The molecule has 3 heteroatoms. The fourth-order valence-electron chi connectivity index (χ4n) is 2.17. The number of carbonyl (C=O) groups excluding carboxylic acids is 2. The largest absolute Gasteiger partial charge is 0.323 e. The summed E-state index contributed by atoms with van der Waals surface area (Å²) < 4.78 is 0. The molecule has 0 saturated carbocycles. The fraction of sp³-hybridized carbons (Fsp3) is 0.286. The average molecular weight is 229 g/mol. The van der Waals surface area contributed by atoms with E-state index in [4.69, 9.17) is 0 Å². The number of carbonyl (C=O) groups is 2. The molecule has 1 aromatic carbocycles. The summed E-state index contributed by atoms with van der Waals surface area (Å²) in [4.78, 5) is 23.3. The van der Waals surface area contributed by atoms with E-state index in [-0.39, 0.29) is 11.7 Å². The van der Waals surface area contributed by atoms with Gasteiger partial charge in [-0.3, -0.25) is 9.59 Å². The third kappa shape index (κ3) is 2.00. The normalized spacial score (nSPS) is 13.9. The molecule has 17 heavy (non-hydrogen) atoms. The lowest BCUT2D eigenvalue weighted by atomic mass is 10.0. The molecule has 0 aliphatic heterocycles. The molecule has 1 aliphatic rings. The van der Waals surface area contributed by atoms with Gasteiger partial charge in [0.1, 0.15) is 0 Å². The van der Waals surface area contributed by atoms with Gasteiger partial charge in [0.25, 0.3) is 0 Å². The first-order chi connectivity index (χ1) is 8.15. The van der Waals surface area contributed by atoms with Crippen molar-refractivity contribution in [2.45, 2.75) is 26.7 Å². The number of rotatable bonds is 3. The Morgan fingerprint density at radius 3 is 2.47 bits per heavy atom. The summed E-state index contributed by atoms with van der Waals surface area (Å²) >= 11 is 0. The molecule has 0 spiro atoms. The van der Waals surface area contributed by atoms with Crippen molar-refractivity contribution in [3.8, 4) is 0 Å². The fourth-order valence-corrected chi connectivity index (χ4v) is 2.17. The molecule has 0 unspecified atom stereocenters. The van der Waals surface area contributed by atoms with Crippen LogP contribution < -0.4 is 5.32 Å². The van der Waals surface area contributed by atoms with E-state index in [0.717, 1.165) is 24.0 Å². The van der Waals surface area contributed by atoms with E-state index < -0.39 is 0 Å². The molecule has 1 aromatic rings. The van der Waals surface area contributed by atoms with Crippen LogP contribution in [0.3, 0.4) is 0 Å². The van der Waals surface area contributed by atoms with Gasteiger partial charge in [0.2, 0.25) is 11.7 Å². The van der Waals surface area contributed by atoms with Crippen LogP contribution in [0.5, 0.6) is 0 Å². The van der Waals surface area contributed by atoms with Gasteiger partial charge in [0.05, 0.1) is 5.70 Å². The van der Waals surface area contributed by atoms with Gasteiger partial charge < -0.3 is 5.32 Å². The zero-order chi connectivity index (χ0) is 12.4. The maximum absolute atomic E-state index is 12.1. The first kappa shape index (κ1) is 11.6. The maximum Gasteiger partial charge on any atom is 0.221 e. The number of allylic oxidation sites excluding steroid dienone is 2. The molecule has 0 atom stereocenters. The Hall–Kier alpha value is -1.90. The van der Waals surface area contributed by atoms with E-state index in [9.17, 15) is 9.59 Å². The lowest BCUT2D eigenvalue weighted by Gasteiger charge is -2.06. The number of hydrogen-bond acceptors (Lipinski definition) is 2. The van der Waals surface area contributed by atoms with Gasteiger partial charge in [-0.05, 0) is 17.6 Å². The van der Waals surface area contributed by atoms with Crippen LogP contribution >= 0.6 is 0 Å². The Balaban J connectivity index is 2.50. The lowest BCUT2D eigenvalue weighted by molar-refractivity contribution is -0.118. The Kier molecular flexibility index (Phi) is 3.09. The Bertz CT molecular complexity index is 515. The van der Waals surface area contributed by atoms with E-state index in [1.54, 1.807) is 0 Å². The number of amides is 1. The van der Waals surface area contributed by atoms with Crippen LogP contribution in [0.25, 0.3) is 5.57 Å². The van der Waals surface area contributed by atoms with E-state index in [0.29, 0.717) is 11.3 Å². The minimum absolute atomic E-state index is 0.0701. The van der Waals surface area contributed by atoms with Crippen LogP contribution in [0, 0.1) is 0 Å². The van der Waals surface area contributed by atoms with Gasteiger partial charge in [0.15, 0.2) is 0 Å². The second-order valence-corrected chi connectivity index (χ2v) is 4.16. The van der Waals surface area contributed by atoms with Crippen LogP contribution in [0.2, 0.25) is 0 Å². The molecule has 0 heterocycles. The van der Waals surface area contributed by atoms with Gasteiger partial charge in [-0.1, -0.05) is 37.6 Å². The summed E-state index contributed by atoms with van der Waals surface area (Å²) in [5, 5.41) is 2.66. The van der Waals surface area contributed by atoms with E-state index in [1.165, 1.54) is 6.92 Å². The SMILES string of the molecule is CCCC1=C(NC(C)=O)C(=O)c2ccccc21. The molecule has 0 saturated heterocycles. The van der Waals surface area contributed by atoms with Crippen molar-refractivity contribution >= 4 is 17.3 Å². The molecular weight excluding hydrogens is 214 g/mol. The Labute approximate surface area is 101 Å². The van der Waals surface area contributed by atoms with Gasteiger partial charge in [-0.25, -0.2) is 0 Å². The Morgan fingerprint density at radius 1 is 1.24 bits per heavy atom. The van der Waals surface area contributed by atoms with Gasteiger partial charge in [-0.2, -0.15) is 0 Å². The minimum atomic E-state index is -0.199. The molecule has 0 aromatic heterocycles. The molecule has 1 aliphatic carbocycles. The number of fused-ring (bicyclic) bond motifs is 1. The molecule has 88 valence electrons. The lowest BCUT2D eigenvalue weighted by Crippen LogP contribution is -2.23. The monoisotopic (exact) mass is 229 g/mol. The van der Waals surface area contributed by atoms with Crippen LogP contribution in [-0.2, 0) is 4.79 Å². The van der Waals surface area contributed by atoms with Crippen LogP contribution in [0.15, 0.2) is 30.0 Å². The average Bonchev–Trinajstić information content (AvgIpc) is 2.55. The molecule has 0 radical (unpaired) electrons. The zero-order valence-electron chi connectivity index (χ0n) is 10.0. The first-order valence-corrected chi connectivity index (χ1v) is 5.80. The predicted molar refractivity (Wildman–Crippen MR) is 66.4 cm³/mol. The topological polar surface area (TPSA) is 46.2 Å². The van der Waals surface area contributed by atoms with Crippen LogP contribution in [0.4, 0.5) is 0 Å². The summed E-state index contributed by atoms with van der Waals surface area (Å²) in [6.07, 6.45) is 1.75. The third-order valence-corrected chi connectivity index (χ3v) is 2.83. The van der Waals surface area contributed by atoms with Crippen molar-refractivity contribution in [3.05, 3.63) is 41.1 Å². The quantitative estimate of drug-likeness (QED) is 0.865. The summed E-state index contributed by atoms with van der Waals surface area (Å²) in [5.74, 6) is -0.269. The highest BCUT2D eigenvalue weighted by atomic mass is 16.2. The maximum atomic E-state index is 12.1. The van der Waals surface area contributed by atoms with Crippen molar-refractivity contribution < 1.29 is 9.59 Å². The van der Waals surface area contributed by atoms with Gasteiger partial charge in [0, 0.05) is 12.5 Å². The third-order valence-electron chi connectivity index (χ3n) is 2.83. The predicted octanol–water partition coefficient (Wildman–Crippen LogP) is 2.53. The summed E-state index contributed by atoms with van der Waals surface area (Å²) in [6.45, 7) is 3.48. The first-order valence-electron chi connectivity index (χ1n) is 5.80. The summed E-state index contributed by atoms with van der Waals surface area (Å²) in [7, 11) is 0. The number of ketones is 1. The van der Waals surface area contributed by atoms with E-state index in [1.807, 2.05) is 24.3 Å². The van der Waals surface area contributed by atoms with Gasteiger partial charge >= 0.3 is 0 Å². The Morgan fingerprint density at radius 2 is 1.88 bits per heavy atom. The number of benzene rings is 1. The second-order valence-electron chi connectivity index (χ2n) is 4.16. The smallest absolute Gasteiger partial charge is 0.221 e. The minimum Gasteiger partial charge on any atom is -0.323 e. The number of nitrogens with one attached hydrogen (secondary N) is 1. The van der Waals surface area contributed by atoms with Crippen molar-refractivity contribution in [2.24, 2.45) is 0 Å². The van der Waals surface area contributed by atoms with E-state index >= 15 is 0 Å². The molecule has 1 N–H and O–H groups in total. The number of hydrogen-bond donors (Lipinski definition) is 1. The molecule has 0 fully saturated rings. The highest BCUT2D eigenvalue weighted by molar-refractivity contribution is 6.21. The van der Waals surface area contributed by atoms with Crippen molar-refractivity contribution in [3.63, 3.8) is 0 Å². The highest BCUT2D eigenvalue weighted by Crippen LogP contribution is 2.34. The summed E-state index contributed by atoms with van der Waals surface area (Å²) in [6, 6.07) is 7.50. The molecule has 2 rings (SSSR count). The molecule has 3 nitrogen and oxygen atoms in total. The van der Waals surface area contributed by atoms with E-state index in [2.05, 4.69) is 12.2 Å². The van der Waals surface area contributed by atoms with Gasteiger partial charge in [-0.15, -0.1) is 0 Å². The standard InChI is InChI=1S/C14H15NO2/c1-3-6-11-10-7-4-5-8-12(10)14(17)13(11)15-9(2)16/h4-5,7-8H,3,6H2,1-2H3,(H,15,16,17). The van der Waals surface area contributed by atoms with Crippen LogP contribution in [-0.4, -0.2) is 11.7 Å². The molecular formula is C14H15NO2. The summed E-state index contributed by atoms with van der Waals surface area (Å²) in [5.41, 5.74) is 3.08. The van der Waals surface area contributed by atoms with Crippen molar-refractivity contribution in [1.82, 2.24) is 5.32 Å². The van der Waals surface area contributed by atoms with Crippen molar-refractivity contribution in [2.75, 3.05) is 0 Å². The zero-order valence-corrected chi connectivity index (χ0v) is 10.0.